The van der Waals surface area contributed by atoms with E-state index in [2.05, 4.69) is 10.8 Å². The average molecular weight is 417 g/mol. The first-order valence-corrected chi connectivity index (χ1v) is 9.34. The van der Waals surface area contributed by atoms with Gasteiger partial charge in [0.15, 0.2) is 0 Å². The Morgan fingerprint density at radius 2 is 2.00 bits per heavy atom. The van der Waals surface area contributed by atoms with Crippen LogP contribution in [0.15, 0.2) is 35.9 Å². The molecule has 1 aromatic rings. The number of ether oxygens (including phenoxy) is 1. The second kappa shape index (κ2) is 8.13. The molecule has 0 aliphatic carbocycles. The Kier molecular flexibility index (Phi) is 5.38. The van der Waals surface area contributed by atoms with Gasteiger partial charge < -0.3 is 14.9 Å². The maximum absolute atomic E-state index is 12.8. The van der Waals surface area contributed by atoms with Crippen LogP contribution in [0.5, 0.6) is 0 Å². The fourth-order valence-electron chi connectivity index (χ4n) is 3.23. The normalized spacial score (nSPS) is 25.9. The molecule has 0 saturated carbocycles. The summed E-state index contributed by atoms with van der Waals surface area (Å²) in [5.41, 5.74) is 4.31. The zero-order valence-electron chi connectivity index (χ0n) is 16.0. The highest BCUT2D eigenvalue weighted by Crippen LogP contribution is 2.26. The summed E-state index contributed by atoms with van der Waals surface area (Å²) >= 11 is 0. The number of nitrogens with zero attached hydrogens (tertiary/aromatic N) is 1. The van der Waals surface area contributed by atoms with Crippen LogP contribution in [0.3, 0.4) is 0 Å². The van der Waals surface area contributed by atoms with Gasteiger partial charge in [-0.2, -0.15) is 0 Å². The maximum Gasteiger partial charge on any atom is 0.375 e. The molecule has 11 nitrogen and oxygen atoms in total. The van der Waals surface area contributed by atoms with E-state index in [1.807, 2.05) is 30.3 Å². The smallest absolute Gasteiger partial charge is 0.375 e. The lowest BCUT2D eigenvalue weighted by atomic mass is 10.0. The first-order chi connectivity index (χ1) is 14.4. The Labute approximate surface area is 170 Å². The monoisotopic (exact) mass is 417 g/mol. The van der Waals surface area contributed by atoms with E-state index in [1.54, 1.807) is 6.92 Å². The van der Waals surface area contributed by atoms with Gasteiger partial charge in [-0.1, -0.05) is 30.3 Å². The molecule has 3 aliphatic rings. The van der Waals surface area contributed by atoms with Crippen molar-refractivity contribution < 1.29 is 38.4 Å². The molecular weight excluding hydrogens is 398 g/mol. The molecule has 0 radical (unpaired) electrons. The largest absolute Gasteiger partial charge is 0.450 e. The van der Waals surface area contributed by atoms with Gasteiger partial charge in [-0.25, -0.2) is 9.63 Å². The molecule has 0 aromatic heterocycles. The molecule has 30 heavy (non-hydrogen) atoms. The van der Waals surface area contributed by atoms with Crippen LogP contribution in [-0.2, 0) is 38.4 Å². The minimum atomic E-state index is -1.08. The summed E-state index contributed by atoms with van der Waals surface area (Å²) in [5.74, 6) is -2.72. The zero-order chi connectivity index (χ0) is 21.3. The number of rotatable bonds is 5. The van der Waals surface area contributed by atoms with E-state index in [9.17, 15) is 19.2 Å². The Morgan fingerprint density at radius 1 is 1.23 bits per heavy atom. The summed E-state index contributed by atoms with van der Waals surface area (Å²) in [6.45, 7) is 1.47. The molecule has 2 amide bonds. The Morgan fingerprint density at radius 3 is 2.70 bits per heavy atom. The van der Waals surface area contributed by atoms with Crippen molar-refractivity contribution in [2.45, 2.75) is 38.0 Å². The Bertz CT molecular complexity index is 916. The second-order valence-electron chi connectivity index (χ2n) is 6.86. The molecule has 3 atom stereocenters. The minimum absolute atomic E-state index is 0.0976. The highest BCUT2D eigenvalue weighted by Gasteiger charge is 2.42. The fourth-order valence-corrected chi connectivity index (χ4v) is 3.23. The minimum Gasteiger partial charge on any atom is -0.450 e. The number of esters is 1. The standard InChI is InChI=1S/C19H19N3O8/c1-10-15(16(21-29-10)11-5-3-2-4-6-11)17(24)20-12-9-27-22(18(12)25)30-19(26)13-7-8-14(23)28-13/h2-6,10,12-13,21H,7-9H2,1H3,(H,20,24)/t10?,12-,13?/m0/s1. The number of nitrogens with one attached hydrogen (secondary N) is 2. The number of carbonyl (C=O) groups is 4. The molecule has 3 aliphatic heterocycles. The molecule has 1 aromatic carbocycles. The molecule has 0 spiro atoms. The van der Waals surface area contributed by atoms with Crippen molar-refractivity contribution >= 4 is 29.5 Å². The lowest BCUT2D eigenvalue weighted by molar-refractivity contribution is -0.306. The van der Waals surface area contributed by atoms with Gasteiger partial charge in [0, 0.05) is 18.4 Å². The average Bonchev–Trinajstić information content (AvgIpc) is 3.43. The van der Waals surface area contributed by atoms with Gasteiger partial charge >= 0.3 is 17.8 Å². The molecule has 2 fully saturated rings. The van der Waals surface area contributed by atoms with Crippen LogP contribution in [0.2, 0.25) is 0 Å². The van der Waals surface area contributed by atoms with Crippen LogP contribution >= 0.6 is 0 Å². The van der Waals surface area contributed by atoms with Gasteiger partial charge in [0.1, 0.15) is 18.8 Å². The number of carbonyl (C=O) groups excluding carboxylic acids is 4. The summed E-state index contributed by atoms with van der Waals surface area (Å²) in [5, 5.41) is 2.97. The van der Waals surface area contributed by atoms with Crippen molar-refractivity contribution in [1.82, 2.24) is 16.0 Å². The van der Waals surface area contributed by atoms with E-state index in [-0.39, 0.29) is 19.4 Å². The van der Waals surface area contributed by atoms with E-state index in [4.69, 9.17) is 19.2 Å². The molecule has 158 valence electrons. The third-order valence-electron chi connectivity index (χ3n) is 4.78. The lowest BCUT2D eigenvalue weighted by Gasteiger charge is -2.15. The number of benzene rings is 1. The molecule has 2 saturated heterocycles. The highest BCUT2D eigenvalue weighted by molar-refractivity contribution is 6.04. The zero-order valence-corrected chi connectivity index (χ0v) is 16.0. The predicted octanol–water partition coefficient (Wildman–Crippen LogP) is -0.257. The molecular formula is C19H19N3O8. The van der Waals surface area contributed by atoms with Crippen molar-refractivity contribution in [3.63, 3.8) is 0 Å². The molecule has 2 N–H and O–H groups in total. The van der Waals surface area contributed by atoms with Gasteiger partial charge in [-0.3, -0.25) is 24.7 Å². The van der Waals surface area contributed by atoms with Crippen molar-refractivity contribution in [2.75, 3.05) is 6.61 Å². The van der Waals surface area contributed by atoms with Crippen molar-refractivity contribution in [3.8, 4) is 0 Å². The molecule has 4 rings (SSSR count). The van der Waals surface area contributed by atoms with E-state index in [1.165, 1.54) is 0 Å². The molecule has 11 heteroatoms. The van der Waals surface area contributed by atoms with Gasteiger partial charge in [-0.15, -0.1) is 0 Å². The van der Waals surface area contributed by atoms with Crippen molar-refractivity contribution in [2.24, 2.45) is 0 Å². The SMILES string of the molecule is CC1ONC(c2ccccc2)=C1C(=O)N[C@H]1CON(OC(=O)C2CCC(=O)O2)C1=O. The Hall–Kier alpha value is -3.44. The van der Waals surface area contributed by atoms with Crippen molar-refractivity contribution in [1.29, 1.82) is 0 Å². The highest BCUT2D eigenvalue weighted by atomic mass is 17.0. The Balaban J connectivity index is 1.40. The summed E-state index contributed by atoms with van der Waals surface area (Å²) in [7, 11) is 0. The fraction of sp³-hybridized carbons (Fsp3) is 0.368. The van der Waals surface area contributed by atoms with E-state index in [0.29, 0.717) is 16.5 Å². The second-order valence-corrected chi connectivity index (χ2v) is 6.86. The lowest BCUT2D eigenvalue weighted by Crippen LogP contribution is -2.45. The summed E-state index contributed by atoms with van der Waals surface area (Å²) in [6, 6.07) is 8.07. The first-order valence-electron chi connectivity index (χ1n) is 9.34. The van der Waals surface area contributed by atoms with Gasteiger partial charge in [0.2, 0.25) is 6.10 Å². The molecule has 2 unspecified atom stereocenters. The summed E-state index contributed by atoms with van der Waals surface area (Å²) in [6.07, 6.45) is -1.37. The third kappa shape index (κ3) is 3.84. The summed E-state index contributed by atoms with van der Waals surface area (Å²) < 4.78 is 4.79. The van der Waals surface area contributed by atoms with Crippen LogP contribution in [0.25, 0.3) is 5.70 Å². The maximum atomic E-state index is 12.8. The van der Waals surface area contributed by atoms with Gasteiger partial charge in [-0.05, 0) is 12.2 Å². The van der Waals surface area contributed by atoms with Gasteiger partial charge in [0.05, 0.1) is 11.3 Å². The van der Waals surface area contributed by atoms with E-state index < -0.39 is 42.0 Å². The number of hydrogen-bond acceptors (Lipinski definition) is 9. The quantitative estimate of drug-likeness (QED) is 0.622. The third-order valence-corrected chi connectivity index (χ3v) is 4.78. The van der Waals surface area contributed by atoms with E-state index >= 15 is 0 Å². The van der Waals surface area contributed by atoms with Gasteiger partial charge in [0.25, 0.3) is 5.91 Å². The van der Waals surface area contributed by atoms with Crippen LogP contribution in [-0.4, -0.2) is 53.8 Å². The number of hydroxylamine groups is 3. The number of cyclic esters (lactones) is 1. The van der Waals surface area contributed by atoms with Crippen LogP contribution < -0.4 is 10.8 Å². The first kappa shape index (κ1) is 19.9. The van der Waals surface area contributed by atoms with E-state index in [0.717, 1.165) is 5.56 Å². The number of hydrogen-bond donors (Lipinski definition) is 2. The van der Waals surface area contributed by atoms with Crippen molar-refractivity contribution in [3.05, 3.63) is 41.5 Å². The van der Waals surface area contributed by atoms with Crippen LogP contribution in [0.4, 0.5) is 0 Å². The summed E-state index contributed by atoms with van der Waals surface area (Å²) in [4.78, 5) is 63.6. The molecule has 0 bridgehead atoms. The number of amides is 2. The van der Waals surface area contributed by atoms with Crippen LogP contribution in [0, 0.1) is 0 Å². The predicted molar refractivity (Wildman–Crippen MR) is 97.0 cm³/mol. The topological polar surface area (TPSA) is 132 Å². The van der Waals surface area contributed by atoms with Crippen LogP contribution in [0.1, 0.15) is 25.3 Å². The molecule has 3 heterocycles.